The van der Waals surface area contributed by atoms with Gasteiger partial charge in [-0.25, -0.2) is 0 Å². The van der Waals surface area contributed by atoms with E-state index in [-0.39, 0.29) is 22.9 Å². The number of hydrogen-bond donors (Lipinski definition) is 1. The van der Waals surface area contributed by atoms with E-state index in [1.165, 1.54) is 37.7 Å². The highest BCUT2D eigenvalue weighted by Gasteiger charge is 2.61. The summed E-state index contributed by atoms with van der Waals surface area (Å²) in [6, 6.07) is 0. The average molecular weight is 429 g/mol. The fourth-order valence-electron chi connectivity index (χ4n) is 8.98. The quantitative estimate of drug-likeness (QED) is 0.454. The van der Waals surface area contributed by atoms with Gasteiger partial charge >= 0.3 is 0 Å². The van der Waals surface area contributed by atoms with Gasteiger partial charge in [-0.15, -0.1) is 0 Å². The maximum atomic E-state index is 13.8. The molecule has 0 aromatic rings. The summed E-state index contributed by atoms with van der Waals surface area (Å²) in [4.78, 5) is 13.8. The first kappa shape index (κ1) is 23.5. The second-order valence-electron chi connectivity index (χ2n) is 12.9. The summed E-state index contributed by atoms with van der Waals surface area (Å²) in [7, 11) is 0. The topological polar surface area (TPSA) is 37.3 Å². The SMILES string of the molecule is CC[C@H](CC[C@@H](C)[C@H]1CC[C@H]2C3=CC[C@H]4C[C@H](O)CC[C@]4(C)[C@H]3C(=O)C[C@]12C)C(C)C. The van der Waals surface area contributed by atoms with Gasteiger partial charge in [0.25, 0.3) is 0 Å². The second-order valence-corrected chi connectivity index (χ2v) is 12.9. The molecule has 9 atom stereocenters. The van der Waals surface area contributed by atoms with Gasteiger partial charge in [-0.1, -0.05) is 66.0 Å². The van der Waals surface area contributed by atoms with Crippen molar-refractivity contribution in [2.75, 3.05) is 0 Å². The monoisotopic (exact) mass is 428 g/mol. The molecule has 4 aliphatic rings. The van der Waals surface area contributed by atoms with E-state index in [2.05, 4.69) is 47.6 Å². The molecule has 0 radical (unpaired) electrons. The summed E-state index contributed by atoms with van der Waals surface area (Å²) in [5.74, 6) is 4.77. The summed E-state index contributed by atoms with van der Waals surface area (Å²) in [5, 5.41) is 10.2. The first-order valence-electron chi connectivity index (χ1n) is 13.5. The first-order valence-corrected chi connectivity index (χ1v) is 13.5. The number of hydrogen-bond acceptors (Lipinski definition) is 2. The third-order valence-corrected chi connectivity index (χ3v) is 11.0. The van der Waals surface area contributed by atoms with E-state index < -0.39 is 0 Å². The van der Waals surface area contributed by atoms with Gasteiger partial charge in [-0.2, -0.15) is 0 Å². The molecule has 0 aromatic heterocycles. The zero-order valence-electron chi connectivity index (χ0n) is 21.1. The van der Waals surface area contributed by atoms with E-state index in [1.54, 1.807) is 0 Å². The molecule has 3 saturated carbocycles. The number of aliphatic hydroxyl groups excluding tert-OH is 1. The second kappa shape index (κ2) is 8.62. The minimum atomic E-state index is -0.161. The summed E-state index contributed by atoms with van der Waals surface area (Å²) < 4.78 is 0. The van der Waals surface area contributed by atoms with Crippen molar-refractivity contribution >= 4 is 5.78 Å². The van der Waals surface area contributed by atoms with E-state index >= 15 is 0 Å². The molecule has 0 aromatic carbocycles. The zero-order chi connectivity index (χ0) is 22.6. The van der Waals surface area contributed by atoms with Crippen molar-refractivity contribution in [3.8, 4) is 0 Å². The smallest absolute Gasteiger partial charge is 0.141 e. The Kier molecular flexibility index (Phi) is 6.54. The van der Waals surface area contributed by atoms with E-state index in [0.717, 1.165) is 43.9 Å². The van der Waals surface area contributed by atoms with Gasteiger partial charge in [0.05, 0.1) is 6.10 Å². The molecule has 0 spiro atoms. The fraction of sp³-hybridized carbons (Fsp3) is 0.897. The predicted octanol–water partition coefficient (Wildman–Crippen LogP) is 7.20. The Morgan fingerprint density at radius 2 is 1.84 bits per heavy atom. The molecule has 0 aliphatic heterocycles. The molecule has 0 unspecified atom stereocenters. The highest BCUT2D eigenvalue weighted by Crippen LogP contribution is 2.66. The summed E-state index contributed by atoms with van der Waals surface area (Å²) in [6.45, 7) is 14.4. The van der Waals surface area contributed by atoms with Gasteiger partial charge in [0, 0.05) is 12.3 Å². The summed E-state index contributed by atoms with van der Waals surface area (Å²) in [5.41, 5.74) is 1.77. The normalized spacial score (nSPS) is 44.3. The van der Waals surface area contributed by atoms with Crippen molar-refractivity contribution in [2.24, 2.45) is 52.3 Å². The molecule has 1 N–H and O–H groups in total. The number of carbonyl (C=O) groups is 1. The number of fused-ring (bicyclic) bond motifs is 5. The standard InChI is InChI=1S/C29H48O2/c1-7-20(18(2)3)9-8-19(4)24-12-13-25-23-11-10-21-16-22(30)14-15-28(21,5)27(23)26(31)17-29(24,25)6/h11,18-22,24-25,27,30H,7-10,12-17H2,1-6H3/t19-,20-,21+,22-,24-,25+,27-,28+,29-/m1/s1. The van der Waals surface area contributed by atoms with Crippen molar-refractivity contribution < 1.29 is 9.90 Å². The number of rotatable bonds is 6. The van der Waals surface area contributed by atoms with Crippen LogP contribution in [-0.4, -0.2) is 17.0 Å². The van der Waals surface area contributed by atoms with Gasteiger partial charge < -0.3 is 5.11 Å². The van der Waals surface area contributed by atoms with E-state index in [1.807, 2.05) is 0 Å². The Hall–Kier alpha value is -0.630. The minimum absolute atomic E-state index is 0.0804. The van der Waals surface area contributed by atoms with Crippen molar-refractivity contribution in [3.05, 3.63) is 11.6 Å². The summed E-state index contributed by atoms with van der Waals surface area (Å²) in [6.07, 6.45) is 13.5. The molecule has 3 fully saturated rings. The molecule has 0 heterocycles. The number of ketones is 1. The maximum absolute atomic E-state index is 13.8. The van der Waals surface area contributed by atoms with Gasteiger partial charge in [0.2, 0.25) is 0 Å². The highest BCUT2D eigenvalue weighted by molar-refractivity contribution is 5.87. The molecule has 2 heteroatoms. The average Bonchev–Trinajstić information content (AvgIpc) is 3.04. The molecule has 176 valence electrons. The van der Waals surface area contributed by atoms with Crippen molar-refractivity contribution in [1.29, 1.82) is 0 Å². The lowest BCUT2D eigenvalue weighted by molar-refractivity contribution is -0.138. The third kappa shape index (κ3) is 3.87. The molecule has 31 heavy (non-hydrogen) atoms. The Balaban J connectivity index is 1.54. The zero-order valence-corrected chi connectivity index (χ0v) is 21.1. The highest BCUT2D eigenvalue weighted by atomic mass is 16.3. The van der Waals surface area contributed by atoms with Gasteiger partial charge in [0.15, 0.2) is 0 Å². The van der Waals surface area contributed by atoms with Crippen LogP contribution in [0.15, 0.2) is 11.6 Å². The van der Waals surface area contributed by atoms with Crippen LogP contribution in [0.1, 0.15) is 106 Å². The van der Waals surface area contributed by atoms with Crippen LogP contribution in [0.3, 0.4) is 0 Å². The van der Waals surface area contributed by atoms with Crippen molar-refractivity contribution in [2.45, 2.75) is 112 Å². The Morgan fingerprint density at radius 3 is 2.52 bits per heavy atom. The Bertz CT molecular complexity index is 708. The number of allylic oxidation sites excluding steroid dienone is 2. The van der Waals surface area contributed by atoms with Crippen molar-refractivity contribution in [3.63, 3.8) is 0 Å². The number of Topliss-reactive ketones (excluding diaryl/α,β-unsaturated/α-hetero) is 1. The van der Waals surface area contributed by atoms with Crippen LogP contribution in [0.2, 0.25) is 0 Å². The van der Waals surface area contributed by atoms with Gasteiger partial charge in [-0.05, 0) is 91.3 Å². The van der Waals surface area contributed by atoms with Gasteiger partial charge in [-0.3, -0.25) is 4.79 Å². The van der Waals surface area contributed by atoms with Crippen LogP contribution in [0.5, 0.6) is 0 Å². The fourth-order valence-corrected chi connectivity index (χ4v) is 8.98. The summed E-state index contributed by atoms with van der Waals surface area (Å²) >= 11 is 0. The van der Waals surface area contributed by atoms with Crippen molar-refractivity contribution in [1.82, 2.24) is 0 Å². The molecule has 4 aliphatic carbocycles. The molecular weight excluding hydrogens is 380 g/mol. The van der Waals surface area contributed by atoms with E-state index in [0.29, 0.717) is 29.5 Å². The lowest BCUT2D eigenvalue weighted by atomic mass is 9.47. The molecule has 2 nitrogen and oxygen atoms in total. The first-order chi connectivity index (χ1) is 14.6. The van der Waals surface area contributed by atoms with Crippen LogP contribution in [0.25, 0.3) is 0 Å². The third-order valence-electron chi connectivity index (χ3n) is 11.0. The van der Waals surface area contributed by atoms with E-state index in [9.17, 15) is 9.90 Å². The van der Waals surface area contributed by atoms with Crippen LogP contribution in [0.4, 0.5) is 0 Å². The largest absolute Gasteiger partial charge is 0.393 e. The maximum Gasteiger partial charge on any atom is 0.141 e. The van der Waals surface area contributed by atoms with E-state index in [4.69, 9.17) is 0 Å². The van der Waals surface area contributed by atoms with Crippen LogP contribution >= 0.6 is 0 Å². The Morgan fingerprint density at radius 1 is 1.10 bits per heavy atom. The Labute approximate surface area is 191 Å². The molecule has 0 bridgehead atoms. The molecule has 4 rings (SSSR count). The molecule has 0 saturated heterocycles. The molecule has 0 amide bonds. The predicted molar refractivity (Wildman–Crippen MR) is 129 cm³/mol. The molecular formula is C29H48O2. The lowest BCUT2D eigenvalue weighted by Gasteiger charge is -2.56. The van der Waals surface area contributed by atoms with Crippen LogP contribution in [-0.2, 0) is 4.79 Å². The number of aliphatic hydroxyl groups is 1. The lowest BCUT2D eigenvalue weighted by Crippen LogP contribution is -2.53. The van der Waals surface area contributed by atoms with Crippen LogP contribution in [0, 0.1) is 52.3 Å². The van der Waals surface area contributed by atoms with Crippen LogP contribution < -0.4 is 0 Å². The number of carbonyl (C=O) groups excluding carboxylic acids is 1. The minimum Gasteiger partial charge on any atom is -0.393 e. The van der Waals surface area contributed by atoms with Gasteiger partial charge in [0.1, 0.15) is 5.78 Å².